The highest BCUT2D eigenvalue weighted by Crippen LogP contribution is 2.21. The zero-order valence-corrected chi connectivity index (χ0v) is 11.9. The third kappa shape index (κ3) is 2.41. The van der Waals surface area contributed by atoms with Gasteiger partial charge in [0.15, 0.2) is 5.03 Å². The molecule has 0 amide bonds. The highest BCUT2D eigenvalue weighted by Gasteiger charge is 2.18. The van der Waals surface area contributed by atoms with Gasteiger partial charge in [0.1, 0.15) is 0 Å². The number of aryl methyl sites for hydroxylation is 1. The smallest absolute Gasteiger partial charge is 0.279 e. The van der Waals surface area contributed by atoms with Crippen molar-refractivity contribution < 1.29 is 8.42 Å². The summed E-state index contributed by atoms with van der Waals surface area (Å²) in [5.41, 5.74) is 2.99. The maximum absolute atomic E-state index is 12.3. The molecule has 0 saturated carbocycles. The largest absolute Gasteiger partial charge is 0.312 e. The van der Waals surface area contributed by atoms with E-state index in [0.717, 1.165) is 25.1 Å². The minimum atomic E-state index is -3.60. The molecule has 2 heterocycles. The number of nitrogens with zero attached hydrogens (tertiary/aromatic N) is 2. The van der Waals surface area contributed by atoms with Crippen LogP contribution in [0.3, 0.4) is 0 Å². The van der Waals surface area contributed by atoms with Crippen molar-refractivity contribution in [2.45, 2.75) is 18.0 Å². The van der Waals surface area contributed by atoms with Crippen LogP contribution in [0.25, 0.3) is 0 Å². The van der Waals surface area contributed by atoms with Crippen molar-refractivity contribution in [3.8, 4) is 0 Å². The van der Waals surface area contributed by atoms with Crippen LogP contribution in [0.2, 0.25) is 0 Å². The number of fused-ring (bicyclic) bond motifs is 1. The van der Waals surface area contributed by atoms with E-state index >= 15 is 0 Å². The van der Waals surface area contributed by atoms with Gasteiger partial charge in [0.2, 0.25) is 0 Å². The Kier molecular flexibility index (Phi) is 3.23. The predicted octanol–water partition coefficient (Wildman–Crippen LogP) is 0.867. The second kappa shape index (κ2) is 4.92. The van der Waals surface area contributed by atoms with Crippen LogP contribution in [0.4, 0.5) is 5.69 Å². The van der Waals surface area contributed by atoms with Crippen molar-refractivity contribution in [2.75, 3.05) is 11.3 Å². The van der Waals surface area contributed by atoms with E-state index in [9.17, 15) is 8.42 Å². The average Bonchev–Trinajstić information content (AvgIpc) is 2.85. The predicted molar refractivity (Wildman–Crippen MR) is 75.9 cm³/mol. The van der Waals surface area contributed by atoms with Crippen molar-refractivity contribution in [1.82, 2.24) is 15.1 Å². The molecule has 0 bridgehead atoms. The molecule has 2 aromatic rings. The van der Waals surface area contributed by atoms with Crippen LogP contribution in [0.5, 0.6) is 0 Å². The highest BCUT2D eigenvalue weighted by atomic mass is 32.2. The molecular formula is C13H16N4O2S. The van der Waals surface area contributed by atoms with Gasteiger partial charge in [-0.15, -0.1) is 0 Å². The minimum Gasteiger partial charge on any atom is -0.312 e. The molecule has 106 valence electrons. The summed E-state index contributed by atoms with van der Waals surface area (Å²) < 4.78 is 28.5. The molecule has 0 aliphatic carbocycles. The molecule has 0 spiro atoms. The summed E-state index contributed by atoms with van der Waals surface area (Å²) >= 11 is 0. The van der Waals surface area contributed by atoms with Crippen LogP contribution in [0.15, 0.2) is 35.5 Å². The van der Waals surface area contributed by atoms with E-state index in [-0.39, 0.29) is 5.03 Å². The molecule has 1 aromatic carbocycles. The molecule has 3 rings (SSSR count). The van der Waals surface area contributed by atoms with Crippen LogP contribution in [-0.4, -0.2) is 24.7 Å². The van der Waals surface area contributed by atoms with Crippen molar-refractivity contribution in [3.05, 3.63) is 41.6 Å². The lowest BCUT2D eigenvalue weighted by Gasteiger charge is -2.18. The molecule has 1 aliphatic heterocycles. The second-order valence-electron chi connectivity index (χ2n) is 4.81. The van der Waals surface area contributed by atoms with Crippen LogP contribution in [-0.2, 0) is 30.0 Å². The molecule has 0 atom stereocenters. The minimum absolute atomic E-state index is 0.147. The fourth-order valence-corrected chi connectivity index (χ4v) is 3.55. The van der Waals surface area contributed by atoms with Gasteiger partial charge in [-0.2, -0.15) is 13.5 Å². The van der Waals surface area contributed by atoms with Gasteiger partial charge in [0.25, 0.3) is 10.0 Å². The number of hydrogen-bond acceptors (Lipinski definition) is 4. The van der Waals surface area contributed by atoms with Crippen molar-refractivity contribution in [1.29, 1.82) is 0 Å². The van der Waals surface area contributed by atoms with E-state index in [0.29, 0.717) is 5.69 Å². The Hall–Kier alpha value is -1.86. The first-order valence-electron chi connectivity index (χ1n) is 6.39. The molecule has 0 unspecified atom stereocenters. The first kappa shape index (κ1) is 13.1. The Balaban J connectivity index is 1.90. The lowest BCUT2D eigenvalue weighted by molar-refractivity contribution is 0.582. The number of nitrogens with one attached hydrogen (secondary N) is 2. The number of sulfonamides is 1. The van der Waals surface area contributed by atoms with Gasteiger partial charge in [-0.3, -0.25) is 9.40 Å². The maximum atomic E-state index is 12.3. The summed E-state index contributed by atoms with van der Waals surface area (Å²) in [4.78, 5) is 0. The molecule has 0 radical (unpaired) electrons. The molecule has 20 heavy (non-hydrogen) atoms. The van der Waals surface area contributed by atoms with Gasteiger partial charge in [0, 0.05) is 19.3 Å². The number of rotatable bonds is 3. The highest BCUT2D eigenvalue weighted by molar-refractivity contribution is 7.92. The number of benzene rings is 1. The second-order valence-corrected chi connectivity index (χ2v) is 6.44. The van der Waals surface area contributed by atoms with Crippen molar-refractivity contribution in [3.63, 3.8) is 0 Å². The van der Waals surface area contributed by atoms with Gasteiger partial charge in [-0.05, 0) is 42.3 Å². The molecule has 1 aromatic heterocycles. The molecule has 7 heteroatoms. The lowest BCUT2D eigenvalue weighted by Crippen LogP contribution is -2.24. The molecule has 0 saturated heterocycles. The zero-order chi connectivity index (χ0) is 14.2. The Morgan fingerprint density at radius 2 is 2.15 bits per heavy atom. The summed E-state index contributed by atoms with van der Waals surface area (Å²) in [6.45, 7) is 1.74. The van der Waals surface area contributed by atoms with Gasteiger partial charge in [0.05, 0.1) is 6.20 Å². The first-order chi connectivity index (χ1) is 9.56. The van der Waals surface area contributed by atoms with Crippen molar-refractivity contribution in [2.24, 2.45) is 7.05 Å². The molecule has 6 nitrogen and oxygen atoms in total. The Morgan fingerprint density at radius 1 is 1.30 bits per heavy atom. The summed E-state index contributed by atoms with van der Waals surface area (Å²) in [5.74, 6) is 0. The van der Waals surface area contributed by atoms with Gasteiger partial charge < -0.3 is 5.32 Å². The SMILES string of the molecule is Cn1nccc1S(=O)(=O)Nc1ccc2c(c1)CNCC2. The Morgan fingerprint density at radius 3 is 2.90 bits per heavy atom. The maximum Gasteiger partial charge on any atom is 0.279 e. The fraction of sp³-hybridized carbons (Fsp3) is 0.308. The summed E-state index contributed by atoms with van der Waals surface area (Å²) in [6, 6.07) is 7.15. The molecular weight excluding hydrogens is 276 g/mol. The summed E-state index contributed by atoms with van der Waals surface area (Å²) in [6.07, 6.45) is 2.44. The van der Waals surface area contributed by atoms with E-state index < -0.39 is 10.0 Å². The number of aromatic nitrogens is 2. The van der Waals surface area contributed by atoms with Crippen LogP contribution in [0.1, 0.15) is 11.1 Å². The third-order valence-corrected chi connectivity index (χ3v) is 4.85. The Bertz CT molecular complexity index is 737. The fourth-order valence-electron chi connectivity index (χ4n) is 2.38. The molecule has 2 N–H and O–H groups in total. The van der Waals surface area contributed by atoms with E-state index in [4.69, 9.17) is 0 Å². The van der Waals surface area contributed by atoms with E-state index in [1.165, 1.54) is 22.5 Å². The van der Waals surface area contributed by atoms with Crippen LogP contribution in [0, 0.1) is 0 Å². The number of hydrogen-bond donors (Lipinski definition) is 2. The van der Waals surface area contributed by atoms with Crippen LogP contribution >= 0.6 is 0 Å². The van der Waals surface area contributed by atoms with E-state index in [1.807, 2.05) is 12.1 Å². The van der Waals surface area contributed by atoms with E-state index in [1.54, 1.807) is 13.1 Å². The number of anilines is 1. The normalized spacial score (nSPS) is 14.8. The van der Waals surface area contributed by atoms with Crippen LogP contribution < -0.4 is 10.0 Å². The standard InChI is InChI=1S/C13H16N4O2S/c1-17-13(5-7-15-17)20(18,19)16-12-3-2-10-4-6-14-9-11(10)8-12/h2-3,5,7-8,14,16H,4,6,9H2,1H3. The zero-order valence-electron chi connectivity index (χ0n) is 11.1. The topological polar surface area (TPSA) is 76.0 Å². The summed E-state index contributed by atoms with van der Waals surface area (Å²) in [5, 5.41) is 7.31. The molecule has 0 fully saturated rings. The first-order valence-corrected chi connectivity index (χ1v) is 7.88. The van der Waals surface area contributed by atoms with Gasteiger partial charge in [-0.1, -0.05) is 6.07 Å². The van der Waals surface area contributed by atoms with Gasteiger partial charge >= 0.3 is 0 Å². The van der Waals surface area contributed by atoms with E-state index in [2.05, 4.69) is 15.1 Å². The Labute approximate surface area is 117 Å². The monoisotopic (exact) mass is 292 g/mol. The summed E-state index contributed by atoms with van der Waals surface area (Å²) in [7, 11) is -1.99. The lowest BCUT2D eigenvalue weighted by atomic mass is 10.0. The van der Waals surface area contributed by atoms with Crippen molar-refractivity contribution >= 4 is 15.7 Å². The molecule has 1 aliphatic rings. The quantitative estimate of drug-likeness (QED) is 0.880. The third-order valence-electron chi connectivity index (χ3n) is 3.40. The average molecular weight is 292 g/mol. The van der Waals surface area contributed by atoms with Gasteiger partial charge in [-0.25, -0.2) is 0 Å².